The molecule has 2 aromatic carbocycles. The minimum atomic E-state index is -0.413. The highest BCUT2D eigenvalue weighted by Gasteiger charge is 2.12. The number of fused-ring (bicyclic) bond motifs is 1. The fraction of sp³-hybridized carbons (Fsp3) is 0.200. The first-order chi connectivity index (χ1) is 12.5. The molecule has 1 aromatic heterocycles. The van der Waals surface area contributed by atoms with Crippen molar-refractivity contribution in [1.29, 1.82) is 0 Å². The highest BCUT2D eigenvalue weighted by Crippen LogP contribution is 2.29. The van der Waals surface area contributed by atoms with Gasteiger partial charge in [0.1, 0.15) is 17.1 Å². The second-order valence-corrected chi connectivity index (χ2v) is 5.95. The van der Waals surface area contributed by atoms with E-state index in [9.17, 15) is 9.59 Å². The molecular weight excluding hydrogens is 334 g/mol. The molecule has 0 unspecified atom stereocenters. The Kier molecular flexibility index (Phi) is 4.93. The summed E-state index contributed by atoms with van der Waals surface area (Å²) in [5.74, 6) is 0.924. The van der Waals surface area contributed by atoms with Crippen molar-refractivity contribution in [3.05, 3.63) is 64.0 Å². The average molecular weight is 353 g/mol. The number of hydrogen-bond donors (Lipinski definition) is 1. The van der Waals surface area contributed by atoms with Gasteiger partial charge in [0.2, 0.25) is 0 Å². The van der Waals surface area contributed by atoms with Gasteiger partial charge in [-0.15, -0.1) is 0 Å². The van der Waals surface area contributed by atoms with Crippen molar-refractivity contribution in [2.45, 2.75) is 13.8 Å². The summed E-state index contributed by atoms with van der Waals surface area (Å²) < 4.78 is 16.0. The summed E-state index contributed by atoms with van der Waals surface area (Å²) in [4.78, 5) is 23.7. The number of rotatable bonds is 5. The van der Waals surface area contributed by atoms with Crippen LogP contribution < -0.4 is 20.4 Å². The molecule has 0 saturated carbocycles. The van der Waals surface area contributed by atoms with Crippen molar-refractivity contribution in [1.82, 2.24) is 0 Å². The standard InChI is InChI=1S/C20H19NO5/c1-12-8-16(20-13(2)10-19(23)26-17(20)9-12)25-11-18(22)21-14-4-6-15(24-3)7-5-14/h4-10H,11H2,1-3H3,(H,21,22). The maximum Gasteiger partial charge on any atom is 0.336 e. The van der Waals surface area contributed by atoms with Crippen LogP contribution in [0.4, 0.5) is 5.69 Å². The van der Waals surface area contributed by atoms with Crippen LogP contribution in [0.3, 0.4) is 0 Å². The fourth-order valence-electron chi connectivity index (χ4n) is 2.71. The Morgan fingerprint density at radius 3 is 2.54 bits per heavy atom. The molecule has 6 heteroatoms. The molecule has 0 atom stereocenters. The average Bonchev–Trinajstić information content (AvgIpc) is 2.59. The first-order valence-electron chi connectivity index (χ1n) is 8.08. The highest BCUT2D eigenvalue weighted by atomic mass is 16.5. The molecule has 0 spiro atoms. The van der Waals surface area contributed by atoms with Gasteiger partial charge in [0.15, 0.2) is 6.61 Å². The third-order valence-corrected chi connectivity index (χ3v) is 3.88. The third-order valence-electron chi connectivity index (χ3n) is 3.88. The van der Waals surface area contributed by atoms with E-state index in [0.717, 1.165) is 11.1 Å². The number of nitrogens with one attached hydrogen (secondary N) is 1. The zero-order valence-corrected chi connectivity index (χ0v) is 14.8. The van der Waals surface area contributed by atoms with Crippen LogP contribution in [-0.2, 0) is 4.79 Å². The number of carbonyl (C=O) groups excluding carboxylic acids is 1. The van der Waals surface area contributed by atoms with Crippen molar-refractivity contribution in [3.63, 3.8) is 0 Å². The zero-order chi connectivity index (χ0) is 18.7. The van der Waals surface area contributed by atoms with Crippen LogP contribution >= 0.6 is 0 Å². The Bertz CT molecular complexity index is 1010. The highest BCUT2D eigenvalue weighted by molar-refractivity contribution is 5.93. The fourth-order valence-corrected chi connectivity index (χ4v) is 2.71. The first-order valence-corrected chi connectivity index (χ1v) is 8.08. The first kappa shape index (κ1) is 17.5. The number of carbonyl (C=O) groups is 1. The van der Waals surface area contributed by atoms with Gasteiger partial charge in [0.25, 0.3) is 5.91 Å². The molecule has 3 aromatic rings. The summed E-state index contributed by atoms with van der Waals surface area (Å²) >= 11 is 0. The van der Waals surface area contributed by atoms with E-state index in [2.05, 4.69) is 5.32 Å². The van der Waals surface area contributed by atoms with Crippen LogP contribution in [0.2, 0.25) is 0 Å². The number of amides is 1. The second kappa shape index (κ2) is 7.31. The van der Waals surface area contributed by atoms with Crippen molar-refractivity contribution in [3.8, 4) is 11.5 Å². The number of ether oxygens (including phenoxy) is 2. The van der Waals surface area contributed by atoms with Crippen LogP contribution in [0.5, 0.6) is 11.5 Å². The SMILES string of the molecule is COc1ccc(NC(=O)COc2cc(C)cc3oc(=O)cc(C)c23)cc1. The molecule has 1 amide bonds. The normalized spacial score (nSPS) is 10.6. The van der Waals surface area contributed by atoms with Crippen LogP contribution in [0.15, 0.2) is 51.7 Å². The van der Waals surface area contributed by atoms with E-state index >= 15 is 0 Å². The second-order valence-electron chi connectivity index (χ2n) is 5.95. The number of methoxy groups -OCH3 is 1. The van der Waals surface area contributed by atoms with Crippen molar-refractivity contribution >= 4 is 22.6 Å². The Labute approximate surface area is 150 Å². The van der Waals surface area contributed by atoms with E-state index in [1.54, 1.807) is 44.4 Å². The maximum absolute atomic E-state index is 12.2. The lowest BCUT2D eigenvalue weighted by atomic mass is 10.1. The summed E-state index contributed by atoms with van der Waals surface area (Å²) in [6.45, 7) is 3.51. The molecule has 0 saturated heterocycles. The summed E-state index contributed by atoms with van der Waals surface area (Å²) in [6, 6.07) is 12.0. The van der Waals surface area contributed by atoms with E-state index in [-0.39, 0.29) is 12.5 Å². The molecule has 0 bridgehead atoms. The molecule has 0 aliphatic carbocycles. The topological polar surface area (TPSA) is 77.8 Å². The summed E-state index contributed by atoms with van der Waals surface area (Å²) in [5, 5.41) is 3.44. The largest absolute Gasteiger partial charge is 0.497 e. The van der Waals surface area contributed by atoms with Gasteiger partial charge in [-0.05, 0) is 61.4 Å². The summed E-state index contributed by atoms with van der Waals surface area (Å²) in [5.41, 5.74) is 2.29. The maximum atomic E-state index is 12.2. The summed E-state index contributed by atoms with van der Waals surface area (Å²) in [7, 11) is 1.58. The van der Waals surface area contributed by atoms with Crippen molar-refractivity contribution in [2.75, 3.05) is 19.0 Å². The van der Waals surface area contributed by atoms with Gasteiger partial charge in [-0.25, -0.2) is 4.79 Å². The van der Waals surface area contributed by atoms with Gasteiger partial charge in [-0.3, -0.25) is 4.79 Å². The van der Waals surface area contributed by atoms with E-state index in [1.807, 2.05) is 13.0 Å². The number of aryl methyl sites for hydroxylation is 2. The van der Waals surface area contributed by atoms with Gasteiger partial charge in [0, 0.05) is 11.8 Å². The van der Waals surface area contributed by atoms with Crippen LogP contribution in [-0.4, -0.2) is 19.6 Å². The Morgan fingerprint density at radius 2 is 1.85 bits per heavy atom. The van der Waals surface area contributed by atoms with Crippen molar-refractivity contribution in [2.24, 2.45) is 0 Å². The lowest BCUT2D eigenvalue weighted by Gasteiger charge is -2.12. The van der Waals surface area contributed by atoms with Gasteiger partial charge in [-0.1, -0.05) is 0 Å². The quantitative estimate of drug-likeness (QED) is 0.711. The van der Waals surface area contributed by atoms with Crippen molar-refractivity contribution < 1.29 is 18.7 Å². The lowest BCUT2D eigenvalue weighted by molar-refractivity contribution is -0.118. The van der Waals surface area contributed by atoms with Gasteiger partial charge < -0.3 is 19.2 Å². The monoisotopic (exact) mass is 353 g/mol. The van der Waals surface area contributed by atoms with Gasteiger partial charge >= 0.3 is 5.63 Å². The third kappa shape index (κ3) is 3.85. The van der Waals surface area contributed by atoms with Gasteiger partial charge in [-0.2, -0.15) is 0 Å². The van der Waals surface area contributed by atoms with E-state index in [0.29, 0.717) is 28.2 Å². The zero-order valence-electron chi connectivity index (χ0n) is 14.8. The van der Waals surface area contributed by atoms with Gasteiger partial charge in [0.05, 0.1) is 12.5 Å². The molecular formula is C20H19NO5. The lowest BCUT2D eigenvalue weighted by Crippen LogP contribution is -2.20. The molecule has 26 heavy (non-hydrogen) atoms. The Balaban J connectivity index is 1.76. The molecule has 0 fully saturated rings. The van der Waals surface area contributed by atoms with Crippen LogP contribution in [0.25, 0.3) is 11.0 Å². The smallest absolute Gasteiger partial charge is 0.336 e. The predicted molar refractivity (Wildman–Crippen MR) is 99.1 cm³/mol. The Hall–Kier alpha value is -3.28. The molecule has 0 radical (unpaired) electrons. The van der Waals surface area contributed by atoms with E-state index in [4.69, 9.17) is 13.9 Å². The minimum absolute atomic E-state index is 0.164. The Morgan fingerprint density at radius 1 is 1.12 bits per heavy atom. The molecule has 3 rings (SSSR count). The molecule has 1 heterocycles. The predicted octanol–water partition coefficient (Wildman–Crippen LogP) is 3.44. The summed E-state index contributed by atoms with van der Waals surface area (Å²) in [6.07, 6.45) is 0. The van der Waals surface area contributed by atoms with E-state index < -0.39 is 5.63 Å². The molecule has 1 N–H and O–H groups in total. The number of benzene rings is 2. The molecule has 134 valence electrons. The van der Waals surface area contributed by atoms with Crippen LogP contribution in [0.1, 0.15) is 11.1 Å². The van der Waals surface area contributed by atoms with Crippen LogP contribution in [0, 0.1) is 13.8 Å². The molecule has 0 aliphatic heterocycles. The minimum Gasteiger partial charge on any atom is -0.497 e. The van der Waals surface area contributed by atoms with E-state index in [1.165, 1.54) is 6.07 Å². The number of hydrogen-bond acceptors (Lipinski definition) is 5. The molecule has 0 aliphatic rings. The molecule has 6 nitrogen and oxygen atoms in total. The number of anilines is 1.